The third kappa shape index (κ3) is 2.75. The molecule has 0 atom stereocenters. The van der Waals surface area contributed by atoms with Crippen molar-refractivity contribution in [3.63, 3.8) is 0 Å². The molecule has 0 aromatic heterocycles. The topological polar surface area (TPSA) is 12.0 Å². The van der Waals surface area contributed by atoms with Crippen LogP contribution in [0, 0.1) is 16.7 Å². The van der Waals surface area contributed by atoms with Gasteiger partial charge in [0.25, 0.3) is 0 Å². The molecule has 1 heteroatoms. The maximum atomic E-state index is 3.62. The first-order chi connectivity index (χ1) is 6.94. The van der Waals surface area contributed by atoms with Crippen molar-refractivity contribution < 1.29 is 0 Å². The minimum atomic E-state index is 0.545. The Morgan fingerprint density at radius 1 is 0.933 bits per heavy atom. The number of unbranched alkanes of at least 4 members (excludes halogenated alkanes) is 3. The lowest BCUT2D eigenvalue weighted by Crippen LogP contribution is -2.20. The van der Waals surface area contributed by atoms with E-state index in [1.807, 2.05) is 0 Å². The fourth-order valence-electron chi connectivity index (χ4n) is 2.77. The molecule has 1 aliphatic carbocycles. The van der Waals surface area contributed by atoms with Gasteiger partial charge in [-0.3, -0.25) is 0 Å². The van der Waals surface area contributed by atoms with Gasteiger partial charge in [-0.15, -0.1) is 0 Å². The molecule has 0 amide bonds. The van der Waals surface area contributed by atoms with Crippen LogP contribution >= 0.6 is 0 Å². The second kappa shape index (κ2) is 4.86. The van der Waals surface area contributed by atoms with Gasteiger partial charge in [0.15, 0.2) is 0 Å². The second-order valence-electron chi connectivity index (χ2n) is 6.26. The molecule has 0 heterocycles. The second-order valence-corrected chi connectivity index (χ2v) is 6.26. The lowest BCUT2D eigenvalue weighted by atomic mass is 10.0. The van der Waals surface area contributed by atoms with Gasteiger partial charge in [0, 0.05) is 0 Å². The molecule has 1 fully saturated rings. The molecule has 0 aliphatic heterocycles. The van der Waals surface area contributed by atoms with Gasteiger partial charge in [-0.2, -0.15) is 0 Å². The fourth-order valence-corrected chi connectivity index (χ4v) is 2.77. The van der Waals surface area contributed by atoms with Crippen LogP contribution in [0.15, 0.2) is 0 Å². The summed E-state index contributed by atoms with van der Waals surface area (Å²) < 4.78 is 0. The monoisotopic (exact) mass is 211 g/mol. The van der Waals surface area contributed by atoms with E-state index < -0.39 is 0 Å². The van der Waals surface area contributed by atoms with E-state index in [0.717, 1.165) is 5.92 Å². The van der Waals surface area contributed by atoms with Crippen molar-refractivity contribution in [2.24, 2.45) is 16.7 Å². The Labute approximate surface area is 96.0 Å². The van der Waals surface area contributed by atoms with E-state index in [0.29, 0.717) is 10.8 Å². The van der Waals surface area contributed by atoms with Crippen LogP contribution in [0.2, 0.25) is 0 Å². The highest BCUT2D eigenvalue weighted by Crippen LogP contribution is 2.67. The van der Waals surface area contributed by atoms with E-state index in [-0.39, 0.29) is 0 Å². The first-order valence-electron chi connectivity index (χ1n) is 6.65. The van der Waals surface area contributed by atoms with E-state index >= 15 is 0 Å². The van der Waals surface area contributed by atoms with Crippen LogP contribution < -0.4 is 5.32 Å². The molecular formula is C14H29N. The zero-order chi connectivity index (χ0) is 11.5. The molecule has 0 aromatic carbocycles. The Morgan fingerprint density at radius 3 is 2.00 bits per heavy atom. The highest BCUT2D eigenvalue weighted by Gasteiger charge is 2.63. The molecule has 15 heavy (non-hydrogen) atoms. The van der Waals surface area contributed by atoms with Crippen molar-refractivity contribution in [2.75, 3.05) is 13.1 Å². The van der Waals surface area contributed by atoms with Crippen LogP contribution in [-0.2, 0) is 0 Å². The summed E-state index contributed by atoms with van der Waals surface area (Å²) >= 11 is 0. The molecule has 0 unspecified atom stereocenters. The minimum absolute atomic E-state index is 0.545. The molecule has 0 aromatic rings. The van der Waals surface area contributed by atoms with Crippen LogP contribution in [0.5, 0.6) is 0 Å². The summed E-state index contributed by atoms with van der Waals surface area (Å²) in [6.07, 6.45) is 5.47. The van der Waals surface area contributed by atoms with Crippen molar-refractivity contribution in [3.05, 3.63) is 0 Å². The summed E-state index contributed by atoms with van der Waals surface area (Å²) in [5, 5.41) is 3.62. The maximum Gasteiger partial charge on any atom is -0.000989 e. The van der Waals surface area contributed by atoms with E-state index in [4.69, 9.17) is 0 Å². The molecular weight excluding hydrogens is 182 g/mol. The first-order valence-corrected chi connectivity index (χ1v) is 6.65. The number of nitrogens with one attached hydrogen (secondary N) is 1. The third-order valence-corrected chi connectivity index (χ3v) is 4.88. The number of hydrogen-bond donors (Lipinski definition) is 1. The highest BCUT2D eigenvalue weighted by atomic mass is 14.9. The molecule has 0 radical (unpaired) electrons. The van der Waals surface area contributed by atoms with Crippen LogP contribution in [0.4, 0.5) is 0 Å². The lowest BCUT2D eigenvalue weighted by molar-refractivity contribution is 0.457. The van der Waals surface area contributed by atoms with Crippen molar-refractivity contribution in [1.82, 2.24) is 5.32 Å². The zero-order valence-corrected chi connectivity index (χ0v) is 11.3. The van der Waals surface area contributed by atoms with Gasteiger partial charge < -0.3 is 5.32 Å². The summed E-state index contributed by atoms with van der Waals surface area (Å²) in [7, 11) is 0. The van der Waals surface area contributed by atoms with Crippen LogP contribution in [0.1, 0.15) is 60.3 Å². The maximum absolute atomic E-state index is 3.62. The summed E-state index contributed by atoms with van der Waals surface area (Å²) in [5.74, 6) is 0.871. The first kappa shape index (κ1) is 13.0. The van der Waals surface area contributed by atoms with Gasteiger partial charge in [0.05, 0.1) is 0 Å². The highest BCUT2D eigenvalue weighted by molar-refractivity contribution is 5.12. The quantitative estimate of drug-likeness (QED) is 0.631. The van der Waals surface area contributed by atoms with Gasteiger partial charge in [-0.05, 0) is 36.3 Å². The van der Waals surface area contributed by atoms with E-state index in [1.54, 1.807) is 0 Å². The summed E-state index contributed by atoms with van der Waals surface area (Å²) in [4.78, 5) is 0. The Balaban J connectivity index is 2.03. The predicted octanol–water partition coefficient (Wildman–Crippen LogP) is 3.84. The Morgan fingerprint density at radius 2 is 1.53 bits per heavy atom. The average Bonchev–Trinajstić information content (AvgIpc) is 2.52. The Bertz CT molecular complexity index is 180. The molecule has 1 aliphatic rings. The summed E-state index contributed by atoms with van der Waals surface area (Å²) in [5.41, 5.74) is 1.09. The molecule has 1 saturated carbocycles. The summed E-state index contributed by atoms with van der Waals surface area (Å²) in [6, 6.07) is 0. The van der Waals surface area contributed by atoms with Crippen molar-refractivity contribution in [3.8, 4) is 0 Å². The van der Waals surface area contributed by atoms with Crippen LogP contribution in [0.25, 0.3) is 0 Å². The standard InChI is InChI=1S/C14H29N/c1-6-7-8-9-10-15-11-12-13(2,3)14(12,4)5/h12,15H,6-11H2,1-5H3. The normalized spacial score (nSPS) is 23.0. The average molecular weight is 211 g/mol. The zero-order valence-electron chi connectivity index (χ0n) is 11.3. The van der Waals surface area contributed by atoms with E-state index in [9.17, 15) is 0 Å². The largest absolute Gasteiger partial charge is 0.316 e. The summed E-state index contributed by atoms with van der Waals surface area (Å²) in [6.45, 7) is 14.3. The molecule has 1 rings (SSSR count). The molecule has 1 N–H and O–H groups in total. The van der Waals surface area contributed by atoms with Gasteiger partial charge >= 0.3 is 0 Å². The van der Waals surface area contributed by atoms with Crippen molar-refractivity contribution >= 4 is 0 Å². The molecule has 0 saturated heterocycles. The van der Waals surface area contributed by atoms with Gasteiger partial charge in [-0.1, -0.05) is 53.9 Å². The molecule has 90 valence electrons. The van der Waals surface area contributed by atoms with E-state index in [1.165, 1.54) is 38.8 Å². The SMILES string of the molecule is CCCCCCNCC1C(C)(C)C1(C)C. The smallest absolute Gasteiger partial charge is 0.000989 e. The van der Waals surface area contributed by atoms with Gasteiger partial charge in [0.2, 0.25) is 0 Å². The van der Waals surface area contributed by atoms with Crippen LogP contribution in [-0.4, -0.2) is 13.1 Å². The Hall–Kier alpha value is -0.0400. The minimum Gasteiger partial charge on any atom is -0.316 e. The molecule has 1 nitrogen and oxygen atoms in total. The fraction of sp³-hybridized carbons (Fsp3) is 1.00. The third-order valence-electron chi connectivity index (χ3n) is 4.88. The lowest BCUT2D eigenvalue weighted by Gasteiger charge is -2.05. The number of hydrogen-bond acceptors (Lipinski definition) is 1. The van der Waals surface area contributed by atoms with E-state index in [2.05, 4.69) is 39.9 Å². The number of rotatable bonds is 7. The Kier molecular flexibility index (Phi) is 4.22. The van der Waals surface area contributed by atoms with Crippen LogP contribution in [0.3, 0.4) is 0 Å². The predicted molar refractivity (Wildman–Crippen MR) is 68.1 cm³/mol. The van der Waals surface area contributed by atoms with Crippen molar-refractivity contribution in [2.45, 2.75) is 60.3 Å². The van der Waals surface area contributed by atoms with Crippen molar-refractivity contribution in [1.29, 1.82) is 0 Å². The molecule has 0 spiro atoms. The van der Waals surface area contributed by atoms with Gasteiger partial charge in [0.1, 0.15) is 0 Å². The molecule has 0 bridgehead atoms. The van der Waals surface area contributed by atoms with Gasteiger partial charge in [-0.25, -0.2) is 0 Å².